The second kappa shape index (κ2) is 9.24. The smallest absolute Gasteiger partial charge is 0.267 e. The van der Waals surface area contributed by atoms with Crippen molar-refractivity contribution in [2.45, 2.75) is 6.54 Å². The topological polar surface area (TPSA) is 99.7 Å². The number of ether oxygens (including phenoxy) is 1. The predicted octanol–water partition coefficient (Wildman–Crippen LogP) is 1.75. The number of nitriles is 1. The maximum atomic E-state index is 13.2. The van der Waals surface area contributed by atoms with E-state index in [-0.39, 0.29) is 23.2 Å². The molecule has 1 aromatic carbocycles. The number of amides is 1. The summed E-state index contributed by atoms with van der Waals surface area (Å²) in [7, 11) is 0. The molecule has 3 heterocycles. The van der Waals surface area contributed by atoms with Gasteiger partial charge >= 0.3 is 0 Å². The molecule has 0 spiro atoms. The van der Waals surface area contributed by atoms with E-state index in [9.17, 15) is 14.9 Å². The lowest BCUT2D eigenvalue weighted by molar-refractivity contribution is -0.117. The van der Waals surface area contributed by atoms with E-state index in [4.69, 9.17) is 4.74 Å². The fourth-order valence-corrected chi connectivity index (χ4v) is 3.40. The molecular weight excluding hydrogens is 394 g/mol. The monoisotopic (exact) mass is 415 g/mol. The number of carbonyl (C=O) groups is 1. The lowest BCUT2D eigenvalue weighted by Gasteiger charge is -2.29. The lowest BCUT2D eigenvalue weighted by Crippen LogP contribution is -2.38. The van der Waals surface area contributed by atoms with Gasteiger partial charge in [0.15, 0.2) is 0 Å². The zero-order valence-corrected chi connectivity index (χ0v) is 16.8. The van der Waals surface area contributed by atoms with Crippen molar-refractivity contribution in [2.24, 2.45) is 0 Å². The summed E-state index contributed by atoms with van der Waals surface area (Å²) in [5.74, 6) is -0.0973. The summed E-state index contributed by atoms with van der Waals surface area (Å²) in [5, 5.41) is 12.4. The summed E-state index contributed by atoms with van der Waals surface area (Å²) in [5.41, 5.74) is 1.13. The zero-order chi connectivity index (χ0) is 21.6. The van der Waals surface area contributed by atoms with E-state index in [2.05, 4.69) is 10.3 Å². The Labute approximate surface area is 179 Å². The molecule has 4 rings (SSSR count). The van der Waals surface area contributed by atoms with Gasteiger partial charge in [-0.1, -0.05) is 36.4 Å². The van der Waals surface area contributed by atoms with E-state index in [0.29, 0.717) is 37.8 Å². The van der Waals surface area contributed by atoms with Gasteiger partial charge in [0.25, 0.3) is 11.5 Å². The van der Waals surface area contributed by atoms with Crippen molar-refractivity contribution < 1.29 is 9.53 Å². The SMILES string of the molecule is N#CC(=Cc1c(N2CCOCC2)nc2ccccn2c1=O)C(=O)NCc1ccccc1. The fraction of sp³-hybridized carbons (Fsp3) is 0.217. The van der Waals surface area contributed by atoms with Crippen molar-refractivity contribution in [2.75, 3.05) is 31.2 Å². The average molecular weight is 415 g/mol. The van der Waals surface area contributed by atoms with E-state index >= 15 is 0 Å². The van der Waals surface area contributed by atoms with Crippen LogP contribution in [0.5, 0.6) is 0 Å². The number of carbonyl (C=O) groups excluding carboxylic acids is 1. The van der Waals surface area contributed by atoms with Crippen LogP contribution in [0.3, 0.4) is 0 Å². The van der Waals surface area contributed by atoms with Gasteiger partial charge in [-0.25, -0.2) is 4.98 Å². The molecule has 1 fully saturated rings. The van der Waals surface area contributed by atoms with Crippen molar-refractivity contribution in [3.8, 4) is 6.07 Å². The Bertz CT molecular complexity index is 1220. The van der Waals surface area contributed by atoms with Crippen molar-refractivity contribution >= 4 is 23.4 Å². The van der Waals surface area contributed by atoms with Crippen LogP contribution in [0.4, 0.5) is 5.82 Å². The Kier molecular flexibility index (Phi) is 6.05. The van der Waals surface area contributed by atoms with Gasteiger partial charge in [-0.3, -0.25) is 14.0 Å². The first kappa shape index (κ1) is 20.3. The third-order valence-electron chi connectivity index (χ3n) is 5.01. The number of rotatable bonds is 5. The molecule has 1 N–H and O–H groups in total. The van der Waals surface area contributed by atoms with Crippen LogP contribution in [-0.4, -0.2) is 41.6 Å². The first-order valence-corrected chi connectivity index (χ1v) is 9.95. The minimum atomic E-state index is -0.545. The molecule has 0 unspecified atom stereocenters. The summed E-state index contributed by atoms with van der Waals surface area (Å²) in [6, 6.07) is 16.6. The highest BCUT2D eigenvalue weighted by atomic mass is 16.5. The molecule has 31 heavy (non-hydrogen) atoms. The minimum absolute atomic E-state index is 0.153. The maximum absolute atomic E-state index is 13.2. The number of benzene rings is 1. The van der Waals surface area contributed by atoms with Crippen LogP contribution in [0.25, 0.3) is 11.7 Å². The van der Waals surface area contributed by atoms with Crippen LogP contribution in [0.2, 0.25) is 0 Å². The molecule has 8 nitrogen and oxygen atoms in total. The molecule has 8 heteroatoms. The van der Waals surface area contributed by atoms with Gasteiger partial charge in [-0.05, 0) is 23.8 Å². The van der Waals surface area contributed by atoms with Crippen LogP contribution in [0, 0.1) is 11.3 Å². The van der Waals surface area contributed by atoms with E-state index < -0.39 is 5.91 Å². The Morgan fingerprint density at radius 3 is 2.65 bits per heavy atom. The molecule has 1 saturated heterocycles. The third-order valence-corrected chi connectivity index (χ3v) is 5.01. The highest BCUT2D eigenvalue weighted by Crippen LogP contribution is 2.20. The number of fused-ring (bicyclic) bond motifs is 1. The number of anilines is 1. The fourth-order valence-electron chi connectivity index (χ4n) is 3.40. The maximum Gasteiger partial charge on any atom is 0.267 e. The summed E-state index contributed by atoms with van der Waals surface area (Å²) >= 11 is 0. The molecule has 0 radical (unpaired) electrons. The normalized spacial score (nSPS) is 14.3. The van der Waals surface area contributed by atoms with Crippen molar-refractivity contribution in [3.05, 3.63) is 81.8 Å². The molecular formula is C23H21N5O3. The Morgan fingerprint density at radius 1 is 1.16 bits per heavy atom. The van der Waals surface area contributed by atoms with Gasteiger partial charge in [0.1, 0.15) is 23.1 Å². The second-order valence-corrected chi connectivity index (χ2v) is 7.02. The first-order valence-electron chi connectivity index (χ1n) is 9.95. The van der Waals surface area contributed by atoms with Gasteiger partial charge in [0, 0.05) is 25.8 Å². The number of morpholine rings is 1. The summed E-state index contributed by atoms with van der Waals surface area (Å²) in [6.07, 6.45) is 2.95. The van der Waals surface area contributed by atoms with Crippen molar-refractivity contribution in [1.82, 2.24) is 14.7 Å². The highest BCUT2D eigenvalue weighted by Gasteiger charge is 2.21. The van der Waals surface area contributed by atoms with Gasteiger partial charge in [0.2, 0.25) is 0 Å². The van der Waals surface area contributed by atoms with Gasteiger partial charge in [0.05, 0.1) is 18.8 Å². The molecule has 2 aromatic heterocycles. The number of hydrogen-bond donors (Lipinski definition) is 1. The van der Waals surface area contributed by atoms with Crippen LogP contribution < -0.4 is 15.8 Å². The quantitative estimate of drug-likeness (QED) is 0.504. The number of pyridine rings is 1. The molecule has 0 saturated carbocycles. The predicted molar refractivity (Wildman–Crippen MR) is 116 cm³/mol. The van der Waals surface area contributed by atoms with Gasteiger partial charge in [-0.15, -0.1) is 0 Å². The van der Waals surface area contributed by atoms with Gasteiger partial charge < -0.3 is 15.0 Å². The Morgan fingerprint density at radius 2 is 1.90 bits per heavy atom. The summed E-state index contributed by atoms with van der Waals surface area (Å²) < 4.78 is 6.82. The molecule has 1 aliphatic heterocycles. The van der Waals surface area contributed by atoms with Crippen LogP contribution >= 0.6 is 0 Å². The Hall–Kier alpha value is -3.96. The zero-order valence-electron chi connectivity index (χ0n) is 16.8. The molecule has 156 valence electrons. The molecule has 1 aliphatic rings. The molecule has 0 atom stereocenters. The number of nitrogens with zero attached hydrogens (tertiary/aromatic N) is 4. The number of hydrogen-bond acceptors (Lipinski definition) is 6. The van der Waals surface area contributed by atoms with E-state index in [0.717, 1.165) is 5.56 Å². The molecule has 3 aromatic rings. The van der Waals surface area contributed by atoms with Crippen molar-refractivity contribution in [1.29, 1.82) is 5.26 Å². The van der Waals surface area contributed by atoms with E-state index in [1.54, 1.807) is 24.4 Å². The number of nitrogens with one attached hydrogen (secondary N) is 1. The van der Waals surface area contributed by atoms with Crippen LogP contribution in [0.15, 0.2) is 65.1 Å². The largest absolute Gasteiger partial charge is 0.378 e. The molecule has 1 amide bonds. The summed E-state index contributed by atoms with van der Waals surface area (Å²) in [4.78, 5) is 32.5. The lowest BCUT2D eigenvalue weighted by atomic mass is 10.1. The standard InChI is InChI=1S/C23H21N5O3/c24-15-18(22(29)25-16-17-6-2-1-3-7-17)14-19-21(27-10-12-31-13-11-27)26-20-8-4-5-9-28(20)23(19)30/h1-9,14H,10-13,16H2,(H,25,29). The third kappa shape index (κ3) is 4.47. The number of aromatic nitrogens is 2. The van der Waals surface area contributed by atoms with Crippen molar-refractivity contribution in [3.63, 3.8) is 0 Å². The minimum Gasteiger partial charge on any atom is -0.378 e. The highest BCUT2D eigenvalue weighted by molar-refractivity contribution is 6.02. The van der Waals surface area contributed by atoms with E-state index in [1.165, 1.54) is 10.5 Å². The Balaban J connectivity index is 1.72. The molecule has 0 bridgehead atoms. The average Bonchev–Trinajstić information content (AvgIpc) is 2.83. The van der Waals surface area contributed by atoms with Crippen LogP contribution in [-0.2, 0) is 16.1 Å². The molecule has 0 aliphatic carbocycles. The summed E-state index contributed by atoms with van der Waals surface area (Å²) in [6.45, 7) is 2.45. The second-order valence-electron chi connectivity index (χ2n) is 7.02. The van der Waals surface area contributed by atoms with Crippen LogP contribution in [0.1, 0.15) is 11.1 Å². The van der Waals surface area contributed by atoms with Gasteiger partial charge in [-0.2, -0.15) is 5.26 Å². The van der Waals surface area contributed by atoms with E-state index in [1.807, 2.05) is 41.3 Å². The first-order chi connectivity index (χ1) is 15.2.